The van der Waals surface area contributed by atoms with Crippen molar-refractivity contribution in [3.8, 4) is 0 Å². The SMILES string of the molecule is CC(=O)OCCCCOCCCCOCCCCO. The third kappa shape index (κ3) is 17.4. The standard InChI is InChI=1S/C14H28O5/c1-14(16)19-13-7-6-12-18-11-5-4-10-17-9-3-2-8-15/h15H,2-13H2,1H3. The van der Waals surface area contributed by atoms with Crippen molar-refractivity contribution in [1.29, 1.82) is 0 Å². The van der Waals surface area contributed by atoms with Crippen LogP contribution < -0.4 is 0 Å². The van der Waals surface area contributed by atoms with E-state index in [0.29, 0.717) is 6.61 Å². The first kappa shape index (κ1) is 18.4. The summed E-state index contributed by atoms with van der Waals surface area (Å²) in [7, 11) is 0. The molecule has 0 radical (unpaired) electrons. The van der Waals surface area contributed by atoms with Gasteiger partial charge in [0, 0.05) is 40.0 Å². The molecule has 0 rings (SSSR count). The minimum atomic E-state index is -0.222. The molecule has 0 aliphatic rings. The smallest absolute Gasteiger partial charge is 0.302 e. The largest absolute Gasteiger partial charge is 0.466 e. The number of aliphatic hydroxyl groups is 1. The van der Waals surface area contributed by atoms with Gasteiger partial charge in [0.15, 0.2) is 0 Å². The van der Waals surface area contributed by atoms with Crippen LogP contribution in [0.1, 0.15) is 45.4 Å². The molecule has 0 atom stereocenters. The van der Waals surface area contributed by atoms with Gasteiger partial charge in [0.25, 0.3) is 0 Å². The Morgan fingerprint density at radius 1 is 0.789 bits per heavy atom. The van der Waals surface area contributed by atoms with Crippen LogP contribution in [0, 0.1) is 0 Å². The van der Waals surface area contributed by atoms with Gasteiger partial charge in [-0.25, -0.2) is 0 Å². The monoisotopic (exact) mass is 276 g/mol. The van der Waals surface area contributed by atoms with Gasteiger partial charge in [0.2, 0.25) is 0 Å². The molecule has 0 fully saturated rings. The van der Waals surface area contributed by atoms with E-state index >= 15 is 0 Å². The molecule has 19 heavy (non-hydrogen) atoms. The lowest BCUT2D eigenvalue weighted by molar-refractivity contribution is -0.141. The molecule has 0 heterocycles. The average Bonchev–Trinajstić information content (AvgIpc) is 2.39. The van der Waals surface area contributed by atoms with E-state index in [0.717, 1.165) is 65.0 Å². The predicted molar refractivity (Wildman–Crippen MR) is 73.1 cm³/mol. The van der Waals surface area contributed by atoms with Gasteiger partial charge in [0.1, 0.15) is 0 Å². The molecular weight excluding hydrogens is 248 g/mol. The average molecular weight is 276 g/mol. The minimum absolute atomic E-state index is 0.222. The van der Waals surface area contributed by atoms with Gasteiger partial charge in [-0.05, 0) is 38.5 Å². The maximum atomic E-state index is 10.5. The lowest BCUT2D eigenvalue weighted by atomic mass is 10.3. The van der Waals surface area contributed by atoms with E-state index in [9.17, 15) is 4.79 Å². The zero-order chi connectivity index (χ0) is 14.2. The summed E-state index contributed by atoms with van der Waals surface area (Å²) in [5.41, 5.74) is 0. The second kappa shape index (κ2) is 15.4. The summed E-state index contributed by atoms with van der Waals surface area (Å²) in [5, 5.41) is 8.57. The molecule has 114 valence electrons. The van der Waals surface area contributed by atoms with Crippen molar-refractivity contribution in [1.82, 2.24) is 0 Å². The Labute approximate surface area is 116 Å². The van der Waals surface area contributed by atoms with Crippen LogP contribution in [-0.4, -0.2) is 50.7 Å². The molecule has 5 heteroatoms. The molecule has 0 aromatic rings. The molecule has 1 N–H and O–H groups in total. The lowest BCUT2D eigenvalue weighted by Crippen LogP contribution is -2.04. The van der Waals surface area contributed by atoms with E-state index in [1.807, 2.05) is 0 Å². The van der Waals surface area contributed by atoms with Crippen molar-refractivity contribution in [3.63, 3.8) is 0 Å². The molecule has 0 aliphatic heterocycles. The van der Waals surface area contributed by atoms with Gasteiger partial charge in [0.05, 0.1) is 6.61 Å². The van der Waals surface area contributed by atoms with Gasteiger partial charge >= 0.3 is 5.97 Å². The number of hydrogen-bond acceptors (Lipinski definition) is 5. The van der Waals surface area contributed by atoms with Crippen LogP contribution >= 0.6 is 0 Å². The molecule has 0 saturated heterocycles. The van der Waals surface area contributed by atoms with Gasteiger partial charge in [-0.1, -0.05) is 0 Å². The third-order valence-electron chi connectivity index (χ3n) is 2.51. The Kier molecular flexibility index (Phi) is 14.9. The van der Waals surface area contributed by atoms with E-state index in [1.54, 1.807) is 0 Å². The Balaban J connectivity index is 2.93. The number of esters is 1. The number of hydrogen-bond donors (Lipinski definition) is 1. The van der Waals surface area contributed by atoms with Gasteiger partial charge in [-0.3, -0.25) is 4.79 Å². The summed E-state index contributed by atoms with van der Waals surface area (Å²) in [5.74, 6) is -0.222. The maximum absolute atomic E-state index is 10.5. The summed E-state index contributed by atoms with van der Waals surface area (Å²) >= 11 is 0. The number of ether oxygens (including phenoxy) is 3. The molecule has 0 amide bonds. The number of aliphatic hydroxyl groups excluding tert-OH is 1. The van der Waals surface area contributed by atoms with Crippen molar-refractivity contribution in [2.75, 3.05) is 39.6 Å². The Morgan fingerprint density at radius 3 is 1.63 bits per heavy atom. The van der Waals surface area contributed by atoms with Gasteiger partial charge < -0.3 is 19.3 Å². The summed E-state index contributed by atoms with van der Waals surface area (Å²) in [6.45, 7) is 5.13. The van der Waals surface area contributed by atoms with E-state index in [2.05, 4.69) is 0 Å². The van der Waals surface area contributed by atoms with E-state index in [1.165, 1.54) is 6.92 Å². The number of unbranched alkanes of at least 4 members (excludes halogenated alkanes) is 3. The molecule has 0 aliphatic carbocycles. The maximum Gasteiger partial charge on any atom is 0.302 e. The second-order valence-corrected chi connectivity index (χ2v) is 4.41. The Bertz CT molecular complexity index is 196. The normalized spacial score (nSPS) is 10.6. The van der Waals surface area contributed by atoms with Gasteiger partial charge in [-0.15, -0.1) is 0 Å². The first-order chi connectivity index (χ1) is 9.27. The molecular formula is C14H28O5. The van der Waals surface area contributed by atoms with Crippen molar-refractivity contribution < 1.29 is 24.1 Å². The quantitative estimate of drug-likeness (QED) is 0.388. The van der Waals surface area contributed by atoms with E-state index in [-0.39, 0.29) is 12.6 Å². The Hall–Kier alpha value is -0.650. The summed E-state index contributed by atoms with van der Waals surface area (Å²) < 4.78 is 15.7. The van der Waals surface area contributed by atoms with E-state index < -0.39 is 0 Å². The molecule has 0 bridgehead atoms. The van der Waals surface area contributed by atoms with Crippen LogP contribution in [0.15, 0.2) is 0 Å². The fourth-order valence-electron chi connectivity index (χ4n) is 1.45. The Morgan fingerprint density at radius 2 is 1.21 bits per heavy atom. The topological polar surface area (TPSA) is 65.0 Å². The molecule has 5 nitrogen and oxygen atoms in total. The molecule has 0 spiro atoms. The van der Waals surface area contributed by atoms with Crippen molar-refractivity contribution in [2.45, 2.75) is 45.4 Å². The third-order valence-corrected chi connectivity index (χ3v) is 2.51. The highest BCUT2D eigenvalue weighted by Gasteiger charge is 1.94. The first-order valence-electron chi connectivity index (χ1n) is 7.17. The number of carbonyl (C=O) groups excluding carboxylic acids is 1. The number of rotatable bonds is 14. The molecule has 0 aromatic heterocycles. The fraction of sp³-hybridized carbons (Fsp3) is 0.929. The minimum Gasteiger partial charge on any atom is -0.466 e. The zero-order valence-electron chi connectivity index (χ0n) is 12.1. The number of carbonyl (C=O) groups is 1. The van der Waals surface area contributed by atoms with Crippen molar-refractivity contribution in [2.24, 2.45) is 0 Å². The van der Waals surface area contributed by atoms with Crippen LogP contribution in [0.4, 0.5) is 0 Å². The summed E-state index contributed by atoms with van der Waals surface area (Å²) in [4.78, 5) is 10.5. The zero-order valence-corrected chi connectivity index (χ0v) is 12.1. The van der Waals surface area contributed by atoms with Crippen LogP contribution in [0.25, 0.3) is 0 Å². The van der Waals surface area contributed by atoms with Crippen molar-refractivity contribution >= 4 is 5.97 Å². The predicted octanol–water partition coefficient (Wildman–Crippen LogP) is 1.92. The van der Waals surface area contributed by atoms with Crippen LogP contribution in [0.3, 0.4) is 0 Å². The molecule has 0 unspecified atom stereocenters. The van der Waals surface area contributed by atoms with E-state index in [4.69, 9.17) is 19.3 Å². The lowest BCUT2D eigenvalue weighted by Gasteiger charge is -2.05. The van der Waals surface area contributed by atoms with Crippen molar-refractivity contribution in [3.05, 3.63) is 0 Å². The van der Waals surface area contributed by atoms with Crippen LogP contribution in [0.5, 0.6) is 0 Å². The first-order valence-corrected chi connectivity index (χ1v) is 7.17. The van der Waals surface area contributed by atoms with Gasteiger partial charge in [-0.2, -0.15) is 0 Å². The summed E-state index contributed by atoms with van der Waals surface area (Å²) in [6, 6.07) is 0. The highest BCUT2D eigenvalue weighted by atomic mass is 16.5. The second-order valence-electron chi connectivity index (χ2n) is 4.41. The fourth-order valence-corrected chi connectivity index (χ4v) is 1.45. The summed E-state index contributed by atoms with van der Waals surface area (Å²) in [6.07, 6.45) is 5.53. The molecule has 0 aromatic carbocycles. The highest BCUT2D eigenvalue weighted by molar-refractivity contribution is 5.65. The van der Waals surface area contributed by atoms with Crippen LogP contribution in [0.2, 0.25) is 0 Å². The highest BCUT2D eigenvalue weighted by Crippen LogP contribution is 1.96. The molecule has 0 saturated carbocycles. The van der Waals surface area contributed by atoms with Crippen LogP contribution in [-0.2, 0) is 19.0 Å².